The summed E-state index contributed by atoms with van der Waals surface area (Å²) in [6, 6.07) is 51.2. The Morgan fingerprint density at radius 3 is 1.26 bits per heavy atom. The number of carbonyl (C=O) groups is 5. The second-order valence-electron chi connectivity index (χ2n) is 35.9. The number of nitrogens with one attached hydrogen (secondary N) is 3. The van der Waals surface area contributed by atoms with Crippen LogP contribution in [-0.4, -0.2) is 335 Å². The van der Waals surface area contributed by atoms with Crippen molar-refractivity contribution in [1.82, 2.24) is 54.7 Å². The number of aromatic carboxylic acids is 1. The maximum absolute atomic E-state index is 13.1. The first kappa shape index (κ1) is 118. The Morgan fingerprint density at radius 1 is 0.497 bits per heavy atom. The molecular weight excluding hydrogens is 1970 g/mol. The number of amides is 1. The summed E-state index contributed by atoms with van der Waals surface area (Å²) in [7, 11) is 3.31. The van der Waals surface area contributed by atoms with Crippen molar-refractivity contribution in [3.05, 3.63) is 234 Å². The van der Waals surface area contributed by atoms with Gasteiger partial charge in [-0.25, -0.2) is 59.8 Å². The van der Waals surface area contributed by atoms with Gasteiger partial charge in [-0.3, -0.25) is 19.3 Å². The first-order valence-corrected chi connectivity index (χ1v) is 54.5. The van der Waals surface area contributed by atoms with Gasteiger partial charge in [-0.1, -0.05) is 36.4 Å². The van der Waals surface area contributed by atoms with Crippen LogP contribution in [0.3, 0.4) is 0 Å². The number of carboxylic acids is 1. The van der Waals surface area contributed by atoms with Crippen LogP contribution in [0.2, 0.25) is 0 Å². The molecule has 0 bridgehead atoms. The number of benzene rings is 7. The third-order valence-corrected chi connectivity index (χ3v) is 32.9. The molecule has 40 heteroatoms. The van der Waals surface area contributed by atoms with Crippen molar-refractivity contribution in [2.75, 3.05) is 205 Å². The Kier molecular flexibility index (Phi) is 49.7. The second-order valence-corrected chi connectivity index (χ2v) is 44.6. The van der Waals surface area contributed by atoms with Gasteiger partial charge < -0.3 is 85.4 Å². The zero-order chi connectivity index (χ0) is 103. The zero-order valence-electron chi connectivity index (χ0n) is 83.9. The minimum Gasteiger partial charge on any atom is -0.478 e. The minimum atomic E-state index is -3.39. The summed E-state index contributed by atoms with van der Waals surface area (Å²) in [5, 5.41) is 18.4. The Bertz CT molecular complexity index is 5890. The topological polar surface area (TPSA) is 435 Å². The van der Waals surface area contributed by atoms with Crippen LogP contribution in [0.5, 0.6) is 0 Å². The molecule has 786 valence electrons. The molecule has 0 aliphatic carbocycles. The predicted molar refractivity (Wildman–Crippen MR) is 572 cm³/mol. The number of methoxy groups -OCH3 is 1. The first-order valence-electron chi connectivity index (χ1n) is 48.6. The highest BCUT2D eigenvalue weighted by atomic mass is 35.5. The number of carbonyl (C=O) groups excluding carboxylic acids is 4. The normalized spacial score (nSPS) is 16.3. The van der Waals surface area contributed by atoms with Gasteiger partial charge in [-0.05, 0) is 284 Å². The molecule has 7 aliphatic heterocycles. The van der Waals surface area contributed by atoms with Gasteiger partial charge in [-0.15, -0.1) is 35.8 Å². The summed E-state index contributed by atoms with van der Waals surface area (Å²) in [5.74, 6) is -0.610. The van der Waals surface area contributed by atoms with Crippen molar-refractivity contribution in [2.24, 2.45) is 16.5 Å². The van der Waals surface area contributed by atoms with Crippen molar-refractivity contribution < 1.29 is 82.8 Å². The monoisotopic (exact) mass is 2110 g/mol. The Hall–Kier alpha value is -10.8. The molecule has 7 aliphatic rings. The van der Waals surface area contributed by atoms with Gasteiger partial charge in [0, 0.05) is 212 Å². The average Bonchev–Trinajstić information content (AvgIpc) is 0.803. The molecule has 8 N–H and O–H groups in total. The quantitative estimate of drug-likeness (QED) is 0.00608. The number of piperazine rings is 2. The Balaban J connectivity index is 0.000000201. The molecule has 9 aromatic rings. The van der Waals surface area contributed by atoms with Crippen LogP contribution in [0.15, 0.2) is 231 Å². The number of hydrogen-bond acceptors (Lipinski definition) is 31. The van der Waals surface area contributed by atoms with E-state index in [1.165, 1.54) is 88.0 Å². The molecule has 145 heavy (non-hydrogen) atoms. The predicted octanol–water partition coefficient (Wildman–Crippen LogP) is 14.2. The number of alkyl halides is 1. The lowest BCUT2D eigenvalue weighted by Crippen LogP contribution is -2.49. The molecule has 7 fully saturated rings. The van der Waals surface area contributed by atoms with Crippen LogP contribution in [0.1, 0.15) is 136 Å². The number of ether oxygens (including phenoxy) is 6. The third kappa shape index (κ3) is 39.8. The minimum absolute atomic E-state index is 0. The van der Waals surface area contributed by atoms with Crippen LogP contribution in [0.4, 0.5) is 29.0 Å². The number of ketones is 2. The highest BCUT2D eigenvalue weighted by Gasteiger charge is 2.33. The first-order chi connectivity index (χ1) is 69.2. The standard InChI is InChI=1S/C31H40N6O4S.C22H21N3O5S.C16H21NO4S.C13H16O2S.C9H11N3O2.C9H21N3.C5H9ClO.ClH/c1-35(2)16-3-17-36-18-20-37(21-19-36)30(38)25-4-8-26(9-5-25)33-31-32-15-12-29(34-31)24-6-10-27(11-7-24)42(39,40)28-13-22-41-23-14-28;26-21(27)16-1-5-17(6-2-16)24-22-23-12-9-20(25-22)15-3-7-18(8-4-15)31(28,29)19-10-13-30-14-11-19;1-17(2)10-7-16(18)13-3-5-14(6-4-13)22(19,20)15-8-11-21-12-9-15;1-10(14)11-2-4-12(5-3-11)16-13-6-8-15-9-7-13;1-14-8(13)6-2-4-7(5-3-6)12-9(10)11;1-11(2)6-3-7-12-8-4-10-5-9-12;6-5-1-3-7-4-2-5;/h4-12,15,28H,3,13-14,16-23H2,1-2H3,(H,32,33,34);1-9,12,19H,10-11,13-14H2,(H,26,27)(H,23,24,25);3-7,10,15H,8-9,11-12H2,1-2H3;2-5,13H,6-9H2,1H3;2-5H,1H3,(H4,10,11,12);10H,3-9H2,1-2H3;5H,1-4H2;1H/b;;10-7+;;;;;. The number of anilines is 4. The number of sulfone groups is 3. The van der Waals surface area contributed by atoms with E-state index in [0.717, 1.165) is 120 Å². The van der Waals surface area contributed by atoms with E-state index < -0.39 is 51.2 Å². The molecule has 0 saturated carbocycles. The molecule has 16 rings (SSSR count). The third-order valence-electron chi connectivity index (χ3n) is 24.3. The molecular formula is C105H140Cl2N16O18S4. The summed E-state index contributed by atoms with van der Waals surface area (Å²) < 4.78 is 107. The van der Waals surface area contributed by atoms with Crippen molar-refractivity contribution in [2.45, 2.75) is 130 Å². The zero-order valence-corrected chi connectivity index (χ0v) is 88.8. The van der Waals surface area contributed by atoms with Crippen LogP contribution in [0, 0.1) is 0 Å². The summed E-state index contributed by atoms with van der Waals surface area (Å²) in [4.78, 5) is 94.8. The van der Waals surface area contributed by atoms with Gasteiger partial charge in [0.15, 0.2) is 47.0 Å². The molecule has 0 spiro atoms. The maximum atomic E-state index is 13.1. The fourth-order valence-corrected chi connectivity index (χ4v) is 22.4. The molecule has 0 atom stereocenters. The van der Waals surface area contributed by atoms with Gasteiger partial charge in [0.2, 0.25) is 11.9 Å². The van der Waals surface area contributed by atoms with E-state index in [1.54, 1.807) is 140 Å². The number of aromatic nitrogens is 4. The van der Waals surface area contributed by atoms with Crippen molar-refractivity contribution in [3.63, 3.8) is 0 Å². The summed E-state index contributed by atoms with van der Waals surface area (Å²) in [6.45, 7) is 20.6. The number of Topliss-reactive ketones (excluding diaryl/α,β-unsaturated/α-hetero) is 1. The fraction of sp³-hybridized carbons (Fsp3) is 0.448. The molecule has 1 amide bonds. The van der Waals surface area contributed by atoms with E-state index >= 15 is 0 Å². The molecule has 9 heterocycles. The second kappa shape index (κ2) is 61.1. The lowest BCUT2D eigenvalue weighted by atomic mass is 10.1. The summed E-state index contributed by atoms with van der Waals surface area (Å²) in [6.07, 6.45) is 16.2. The van der Waals surface area contributed by atoms with E-state index in [0.29, 0.717) is 150 Å². The lowest BCUT2D eigenvalue weighted by molar-refractivity contribution is 0.0598. The van der Waals surface area contributed by atoms with Crippen molar-refractivity contribution in [1.29, 1.82) is 0 Å². The van der Waals surface area contributed by atoms with Crippen LogP contribution in [-0.2, 0) is 57.9 Å². The molecule has 2 aromatic heterocycles. The van der Waals surface area contributed by atoms with Crippen LogP contribution < -0.4 is 27.4 Å². The van der Waals surface area contributed by atoms with E-state index in [9.17, 15) is 49.2 Å². The number of rotatable bonds is 30. The lowest BCUT2D eigenvalue weighted by Gasteiger charge is -2.35. The van der Waals surface area contributed by atoms with E-state index in [1.807, 2.05) is 79.3 Å². The largest absolute Gasteiger partial charge is 0.478 e. The molecule has 7 aromatic carbocycles. The van der Waals surface area contributed by atoms with Gasteiger partial charge in [0.1, 0.15) is 0 Å². The number of nitrogens with two attached hydrogens (primary N) is 2. The molecule has 34 nitrogen and oxygen atoms in total. The average molecular weight is 2110 g/mol. The number of aliphatic imine (C=N–C) groups is 1. The smallest absolute Gasteiger partial charge is 0.337 e. The Morgan fingerprint density at radius 2 is 0.876 bits per heavy atom. The summed E-state index contributed by atoms with van der Waals surface area (Å²) in [5.41, 5.74) is 17.8. The maximum Gasteiger partial charge on any atom is 0.337 e. The fourth-order valence-electron chi connectivity index (χ4n) is 16.0. The molecule has 0 unspecified atom stereocenters. The van der Waals surface area contributed by atoms with E-state index in [4.69, 9.17) is 51.9 Å². The van der Waals surface area contributed by atoms with E-state index in [-0.39, 0.29) is 52.3 Å². The number of halogens is 2. The highest BCUT2D eigenvalue weighted by molar-refractivity contribution is 8.00. The number of carboxylic acid groups (broad SMARTS) is 1. The summed E-state index contributed by atoms with van der Waals surface area (Å²) >= 11 is 7.63. The number of guanidine groups is 1. The number of hydrogen-bond donors (Lipinski definition) is 6. The van der Waals surface area contributed by atoms with Crippen LogP contribution >= 0.6 is 35.8 Å². The van der Waals surface area contributed by atoms with Gasteiger partial charge >= 0.3 is 11.9 Å². The van der Waals surface area contributed by atoms with Crippen molar-refractivity contribution >= 4 is 130 Å². The molecule has 0 radical (unpaired) electrons. The number of nitrogens with zero attached hydrogens (tertiary/aromatic N) is 11. The van der Waals surface area contributed by atoms with Crippen LogP contribution in [0.25, 0.3) is 22.5 Å². The molecule has 7 saturated heterocycles. The number of allylic oxidation sites excluding steroid dienone is 1. The number of esters is 1. The van der Waals surface area contributed by atoms with Gasteiger partial charge in [0.05, 0.1) is 65.7 Å². The van der Waals surface area contributed by atoms with Gasteiger partial charge in [-0.2, -0.15) is 0 Å². The highest BCUT2D eigenvalue weighted by Crippen LogP contribution is 2.33. The van der Waals surface area contributed by atoms with E-state index in [2.05, 4.69) is 93.4 Å². The number of thioether (sulfide) groups is 1. The van der Waals surface area contributed by atoms with Gasteiger partial charge in [0.25, 0.3) is 5.91 Å². The Labute approximate surface area is 869 Å². The SMILES string of the molecule is CC(=O)c1ccc(SC2CCOCC2)cc1.CN(C)/C=C/C(=O)c1ccc(S(=O)(=O)C2CCOCC2)cc1.CN(C)CCCN1CCN(C(=O)c2ccc(Nc3nccc(-c4ccc(S(=O)(=O)C5CCOCC5)cc4)n3)cc2)CC1.CN(C)CCCN1CCNCC1.COC(=O)c1ccc(N=C(N)N)cc1.Cl.ClC1CCOCC1.O=C(O)c1ccc(Nc2nccc(-c3ccc(S(=O)(=O)C4CCOCC4)cc3)n2)cc1. The van der Waals surface area contributed by atoms with Crippen molar-refractivity contribution in [3.8, 4) is 22.5 Å².